The van der Waals surface area contributed by atoms with Crippen LogP contribution >= 0.6 is 0 Å². The molecule has 0 amide bonds. The van der Waals surface area contributed by atoms with Crippen LogP contribution in [0, 0.1) is 0 Å². The van der Waals surface area contributed by atoms with Gasteiger partial charge in [0.05, 0.1) is 0 Å². The van der Waals surface area contributed by atoms with Crippen LogP contribution < -0.4 is 10.6 Å². The third-order valence-corrected chi connectivity index (χ3v) is 2.80. The molecular weight excluding hydrogens is 210 g/mol. The third-order valence-electron chi connectivity index (χ3n) is 2.80. The minimum absolute atomic E-state index is 0.563. The molecule has 17 heavy (non-hydrogen) atoms. The van der Waals surface area contributed by atoms with Crippen molar-refractivity contribution in [3.8, 4) is 0 Å². The summed E-state index contributed by atoms with van der Waals surface area (Å²) in [5, 5.41) is 8.11. The maximum absolute atomic E-state index is 3.44. The van der Waals surface area contributed by atoms with Crippen molar-refractivity contribution in [2.45, 2.75) is 26.4 Å². The van der Waals surface area contributed by atoms with Crippen LogP contribution in [0.2, 0.25) is 0 Å². The molecular formula is C14H21N3. The Morgan fingerprint density at radius 1 is 1.18 bits per heavy atom. The molecule has 3 N–H and O–H groups in total. The van der Waals surface area contributed by atoms with Gasteiger partial charge in [0.15, 0.2) is 0 Å². The Hall–Kier alpha value is -1.32. The Balaban J connectivity index is 1.78. The molecule has 3 nitrogen and oxygen atoms in total. The van der Waals surface area contributed by atoms with E-state index in [1.54, 1.807) is 0 Å². The molecule has 3 heteroatoms. The lowest BCUT2D eigenvalue weighted by molar-refractivity contribution is 0.556. The maximum atomic E-state index is 3.44. The van der Waals surface area contributed by atoms with Gasteiger partial charge in [0.25, 0.3) is 0 Å². The normalized spacial score (nSPS) is 11.5. The minimum atomic E-state index is 0.563. The summed E-state index contributed by atoms with van der Waals surface area (Å²) in [5.74, 6) is 0. The average Bonchev–Trinajstić information content (AvgIpc) is 2.75. The van der Waals surface area contributed by atoms with E-state index in [-0.39, 0.29) is 0 Å². The number of hydrogen-bond acceptors (Lipinski definition) is 2. The van der Waals surface area contributed by atoms with Crippen LogP contribution in [0.3, 0.4) is 0 Å². The number of aromatic nitrogens is 1. The van der Waals surface area contributed by atoms with Crippen molar-refractivity contribution in [2.75, 3.05) is 13.1 Å². The molecule has 1 aromatic carbocycles. The molecule has 2 aromatic rings. The number of rotatable bonds is 6. The number of fused-ring (bicyclic) bond motifs is 1. The maximum Gasteiger partial charge on any atom is 0.0454 e. The molecule has 0 fully saturated rings. The van der Waals surface area contributed by atoms with Gasteiger partial charge in [0.1, 0.15) is 0 Å². The van der Waals surface area contributed by atoms with Gasteiger partial charge in [0.2, 0.25) is 0 Å². The second-order valence-electron chi connectivity index (χ2n) is 4.68. The van der Waals surface area contributed by atoms with Crippen molar-refractivity contribution in [1.29, 1.82) is 0 Å². The summed E-state index contributed by atoms with van der Waals surface area (Å²) >= 11 is 0. The number of hydrogen-bond donors (Lipinski definition) is 3. The molecule has 1 aromatic heterocycles. The first kappa shape index (κ1) is 12.1. The molecule has 0 radical (unpaired) electrons. The topological polar surface area (TPSA) is 39.8 Å². The third kappa shape index (κ3) is 3.58. The predicted molar refractivity (Wildman–Crippen MR) is 73.1 cm³/mol. The van der Waals surface area contributed by atoms with E-state index >= 15 is 0 Å². The van der Waals surface area contributed by atoms with Crippen LogP contribution in [0.1, 0.15) is 19.4 Å². The summed E-state index contributed by atoms with van der Waals surface area (Å²) < 4.78 is 0. The number of benzene rings is 1. The fraction of sp³-hybridized carbons (Fsp3) is 0.429. The quantitative estimate of drug-likeness (QED) is 0.667. The Kier molecular flexibility index (Phi) is 4.18. The van der Waals surface area contributed by atoms with E-state index in [2.05, 4.69) is 53.7 Å². The second-order valence-corrected chi connectivity index (χ2v) is 4.68. The molecule has 1 heterocycles. The van der Waals surface area contributed by atoms with Gasteiger partial charge in [-0.2, -0.15) is 0 Å². The SMILES string of the molecule is CC(C)NCCNCc1ccc2[nH]ccc2c1. The predicted octanol–water partition coefficient (Wildman–Crippen LogP) is 2.26. The molecule has 0 aliphatic carbocycles. The smallest absolute Gasteiger partial charge is 0.0454 e. The molecule has 0 saturated carbocycles. The molecule has 0 bridgehead atoms. The highest BCUT2D eigenvalue weighted by molar-refractivity contribution is 5.79. The highest BCUT2D eigenvalue weighted by Crippen LogP contribution is 2.13. The van der Waals surface area contributed by atoms with Gasteiger partial charge in [-0.05, 0) is 29.1 Å². The fourth-order valence-electron chi connectivity index (χ4n) is 1.89. The van der Waals surface area contributed by atoms with Crippen LogP contribution in [-0.4, -0.2) is 24.1 Å². The fourth-order valence-corrected chi connectivity index (χ4v) is 1.89. The summed E-state index contributed by atoms with van der Waals surface area (Å²) in [6.45, 7) is 7.29. The van der Waals surface area contributed by atoms with Crippen molar-refractivity contribution in [3.63, 3.8) is 0 Å². The molecule has 0 unspecified atom stereocenters. The first-order chi connectivity index (χ1) is 8.25. The van der Waals surface area contributed by atoms with Crippen LogP contribution in [0.4, 0.5) is 0 Å². The molecule has 92 valence electrons. The van der Waals surface area contributed by atoms with Crippen molar-refractivity contribution in [1.82, 2.24) is 15.6 Å². The van der Waals surface area contributed by atoms with Crippen molar-refractivity contribution < 1.29 is 0 Å². The van der Waals surface area contributed by atoms with Gasteiger partial charge < -0.3 is 15.6 Å². The lowest BCUT2D eigenvalue weighted by Crippen LogP contribution is -2.31. The zero-order valence-corrected chi connectivity index (χ0v) is 10.6. The summed E-state index contributed by atoms with van der Waals surface area (Å²) in [7, 11) is 0. The molecule has 0 saturated heterocycles. The van der Waals surface area contributed by atoms with Gasteiger partial charge in [-0.25, -0.2) is 0 Å². The van der Waals surface area contributed by atoms with Crippen molar-refractivity contribution in [3.05, 3.63) is 36.0 Å². The number of nitrogens with one attached hydrogen (secondary N) is 3. The zero-order valence-electron chi connectivity index (χ0n) is 10.6. The van der Waals surface area contributed by atoms with Crippen LogP contribution in [-0.2, 0) is 6.54 Å². The lowest BCUT2D eigenvalue weighted by atomic mass is 10.1. The Morgan fingerprint density at radius 3 is 2.88 bits per heavy atom. The Morgan fingerprint density at radius 2 is 2.06 bits per heavy atom. The summed E-state index contributed by atoms with van der Waals surface area (Å²) in [6.07, 6.45) is 1.98. The largest absolute Gasteiger partial charge is 0.361 e. The minimum Gasteiger partial charge on any atom is -0.361 e. The molecule has 2 rings (SSSR count). The lowest BCUT2D eigenvalue weighted by Gasteiger charge is -2.09. The standard InChI is InChI=1S/C14H21N3/c1-11(2)16-8-7-15-10-12-3-4-14-13(9-12)5-6-17-14/h3-6,9,11,15-17H,7-8,10H2,1-2H3. The molecule has 0 spiro atoms. The van der Waals surface area contributed by atoms with E-state index in [0.29, 0.717) is 6.04 Å². The van der Waals surface area contributed by atoms with Crippen LogP contribution in [0.15, 0.2) is 30.5 Å². The molecule has 0 aliphatic heterocycles. The monoisotopic (exact) mass is 231 g/mol. The van der Waals surface area contributed by atoms with Gasteiger partial charge in [-0.1, -0.05) is 19.9 Å². The van der Waals surface area contributed by atoms with Gasteiger partial charge in [0, 0.05) is 37.4 Å². The van der Waals surface area contributed by atoms with E-state index in [1.807, 2.05) is 6.20 Å². The average molecular weight is 231 g/mol. The second kappa shape index (κ2) is 5.84. The van der Waals surface area contributed by atoms with Gasteiger partial charge in [-0.3, -0.25) is 0 Å². The summed E-state index contributed by atoms with van der Waals surface area (Å²) in [5.41, 5.74) is 2.54. The van der Waals surface area contributed by atoms with Crippen molar-refractivity contribution >= 4 is 10.9 Å². The summed E-state index contributed by atoms with van der Waals surface area (Å²) in [4.78, 5) is 3.21. The number of H-pyrrole nitrogens is 1. The van der Waals surface area contributed by atoms with E-state index in [4.69, 9.17) is 0 Å². The molecule has 0 aliphatic rings. The first-order valence-corrected chi connectivity index (χ1v) is 6.26. The van der Waals surface area contributed by atoms with E-state index in [1.165, 1.54) is 16.5 Å². The highest BCUT2D eigenvalue weighted by Gasteiger charge is 1.97. The molecule has 0 atom stereocenters. The van der Waals surface area contributed by atoms with E-state index in [0.717, 1.165) is 19.6 Å². The first-order valence-electron chi connectivity index (χ1n) is 6.26. The Bertz CT molecular complexity index is 459. The Labute approximate surface area is 103 Å². The summed E-state index contributed by atoms with van der Waals surface area (Å²) in [6, 6.07) is 9.21. The van der Waals surface area contributed by atoms with Gasteiger partial charge >= 0.3 is 0 Å². The number of aromatic amines is 1. The van der Waals surface area contributed by atoms with E-state index in [9.17, 15) is 0 Å². The van der Waals surface area contributed by atoms with Gasteiger partial charge in [-0.15, -0.1) is 0 Å². The van der Waals surface area contributed by atoms with E-state index < -0.39 is 0 Å². The van der Waals surface area contributed by atoms with Crippen LogP contribution in [0.25, 0.3) is 10.9 Å². The van der Waals surface area contributed by atoms with Crippen LogP contribution in [0.5, 0.6) is 0 Å². The van der Waals surface area contributed by atoms with Crippen molar-refractivity contribution in [2.24, 2.45) is 0 Å². The zero-order chi connectivity index (χ0) is 12.1. The highest BCUT2D eigenvalue weighted by atomic mass is 15.0.